The first-order chi connectivity index (χ1) is 14.1. The molecule has 3 rings (SSSR count). The first-order valence-electron chi connectivity index (χ1n) is 9.42. The maximum absolute atomic E-state index is 13.0. The molecule has 30 heavy (non-hydrogen) atoms. The lowest BCUT2D eigenvalue weighted by molar-refractivity contribution is -0.186. The fourth-order valence-corrected chi connectivity index (χ4v) is 3.85. The van der Waals surface area contributed by atoms with Gasteiger partial charge in [-0.25, -0.2) is 4.79 Å². The molecule has 2 aliphatic rings. The zero-order valence-corrected chi connectivity index (χ0v) is 15.9. The number of carbonyl (C=O) groups is 4. The number of rotatable bonds is 6. The van der Waals surface area contributed by atoms with Crippen molar-refractivity contribution in [1.29, 1.82) is 0 Å². The van der Waals surface area contributed by atoms with Gasteiger partial charge >= 0.3 is 18.2 Å². The Labute approximate surface area is 169 Å². The molecular formula is C19H20F3N3O5. The fourth-order valence-electron chi connectivity index (χ4n) is 3.85. The Bertz CT molecular complexity index is 838. The molecule has 2 heterocycles. The summed E-state index contributed by atoms with van der Waals surface area (Å²) in [7, 11) is 0. The second-order valence-corrected chi connectivity index (χ2v) is 7.18. The first-order valence-corrected chi connectivity index (χ1v) is 9.42. The molecule has 0 saturated carbocycles. The summed E-state index contributed by atoms with van der Waals surface area (Å²) in [6, 6.07) is 5.47. The van der Waals surface area contributed by atoms with Crippen molar-refractivity contribution in [2.75, 3.05) is 26.2 Å². The highest BCUT2D eigenvalue weighted by Crippen LogP contribution is 2.25. The molecule has 0 aromatic heterocycles. The number of hydrogen-bond donors (Lipinski definition) is 1. The van der Waals surface area contributed by atoms with E-state index in [1.165, 1.54) is 12.1 Å². The van der Waals surface area contributed by atoms with E-state index in [0.717, 1.165) is 9.80 Å². The molecule has 11 heteroatoms. The van der Waals surface area contributed by atoms with Crippen LogP contribution in [0.1, 0.15) is 40.0 Å². The van der Waals surface area contributed by atoms with Crippen LogP contribution >= 0.6 is 0 Å². The standard InChI is InChI=1S/C19H20F3N3O5/c20-19(21,22)17(28)23(11-12-5-3-9-24(12)18(29)30)8-4-10-25-15(26)13-6-1-2-7-14(13)16(25)27/h1-2,6-7,12H,3-5,8-11H2,(H,29,30)/t12-/m0/s1. The molecule has 0 spiro atoms. The molecule has 1 atom stereocenters. The van der Waals surface area contributed by atoms with Crippen LogP contribution in [0.15, 0.2) is 24.3 Å². The summed E-state index contributed by atoms with van der Waals surface area (Å²) < 4.78 is 39.1. The summed E-state index contributed by atoms with van der Waals surface area (Å²) in [6.07, 6.45) is -5.57. The zero-order chi connectivity index (χ0) is 22.1. The van der Waals surface area contributed by atoms with Gasteiger partial charge in [0.2, 0.25) is 0 Å². The summed E-state index contributed by atoms with van der Waals surface area (Å²) in [4.78, 5) is 50.3. The molecule has 8 nitrogen and oxygen atoms in total. The normalized spacial score (nSPS) is 18.7. The Morgan fingerprint density at radius 3 is 2.27 bits per heavy atom. The van der Waals surface area contributed by atoms with E-state index >= 15 is 0 Å². The van der Waals surface area contributed by atoms with Crippen LogP contribution < -0.4 is 0 Å². The minimum absolute atomic E-state index is 0.0624. The number of benzene rings is 1. The summed E-state index contributed by atoms with van der Waals surface area (Å²) in [6.45, 7) is -0.715. The number of hydrogen-bond acceptors (Lipinski definition) is 4. The van der Waals surface area contributed by atoms with Gasteiger partial charge in [-0.05, 0) is 31.4 Å². The Balaban J connectivity index is 1.66. The molecule has 0 unspecified atom stereocenters. The van der Waals surface area contributed by atoms with E-state index in [-0.39, 0.29) is 37.2 Å². The number of carbonyl (C=O) groups excluding carboxylic acids is 3. The van der Waals surface area contributed by atoms with Crippen LogP contribution in [0.5, 0.6) is 0 Å². The third kappa shape index (κ3) is 4.24. The van der Waals surface area contributed by atoms with Gasteiger partial charge in [0.15, 0.2) is 0 Å². The molecular weight excluding hydrogens is 407 g/mol. The molecule has 162 valence electrons. The summed E-state index contributed by atoms with van der Waals surface area (Å²) in [5, 5.41) is 9.18. The van der Waals surface area contributed by atoms with E-state index in [1.807, 2.05) is 0 Å². The maximum Gasteiger partial charge on any atom is 0.471 e. The van der Waals surface area contributed by atoms with Gasteiger partial charge in [-0.15, -0.1) is 0 Å². The molecule has 1 N–H and O–H groups in total. The summed E-state index contributed by atoms with van der Waals surface area (Å²) in [5.41, 5.74) is 0.461. The first kappa shape index (κ1) is 21.6. The predicted molar refractivity (Wildman–Crippen MR) is 96.8 cm³/mol. The van der Waals surface area contributed by atoms with Gasteiger partial charge < -0.3 is 14.9 Å². The highest BCUT2D eigenvalue weighted by molar-refractivity contribution is 6.21. The molecule has 4 amide bonds. The quantitative estimate of drug-likeness (QED) is 0.702. The zero-order valence-electron chi connectivity index (χ0n) is 15.9. The van der Waals surface area contributed by atoms with Crippen LogP contribution in [0.4, 0.5) is 18.0 Å². The van der Waals surface area contributed by atoms with Crippen molar-refractivity contribution in [3.8, 4) is 0 Å². The number of likely N-dealkylation sites (tertiary alicyclic amines) is 1. The lowest BCUT2D eigenvalue weighted by atomic mass is 10.1. The number of carboxylic acid groups (broad SMARTS) is 1. The van der Waals surface area contributed by atoms with Crippen LogP contribution in [0.25, 0.3) is 0 Å². The molecule has 1 saturated heterocycles. The van der Waals surface area contributed by atoms with Gasteiger partial charge in [0.1, 0.15) is 0 Å². The highest BCUT2D eigenvalue weighted by Gasteiger charge is 2.44. The van der Waals surface area contributed by atoms with Crippen molar-refractivity contribution >= 4 is 23.8 Å². The highest BCUT2D eigenvalue weighted by atomic mass is 19.4. The largest absolute Gasteiger partial charge is 0.471 e. The molecule has 0 aliphatic carbocycles. The van der Waals surface area contributed by atoms with Crippen molar-refractivity contribution in [3.05, 3.63) is 35.4 Å². The Morgan fingerprint density at radius 2 is 1.73 bits per heavy atom. The minimum Gasteiger partial charge on any atom is -0.465 e. The topological polar surface area (TPSA) is 98.2 Å². The van der Waals surface area contributed by atoms with Gasteiger partial charge in [0, 0.05) is 26.2 Å². The van der Waals surface area contributed by atoms with Crippen LogP contribution in [0, 0.1) is 0 Å². The van der Waals surface area contributed by atoms with Crippen LogP contribution in [-0.4, -0.2) is 82.0 Å². The van der Waals surface area contributed by atoms with E-state index < -0.39 is 42.6 Å². The van der Waals surface area contributed by atoms with Gasteiger partial charge in [-0.1, -0.05) is 12.1 Å². The smallest absolute Gasteiger partial charge is 0.465 e. The number of imide groups is 1. The van der Waals surface area contributed by atoms with Crippen molar-refractivity contribution in [3.63, 3.8) is 0 Å². The molecule has 0 bridgehead atoms. The van der Waals surface area contributed by atoms with Crippen molar-refractivity contribution in [2.45, 2.75) is 31.5 Å². The predicted octanol–water partition coefficient (Wildman–Crippen LogP) is 2.21. The Hall–Kier alpha value is -3.11. The Kier molecular flexibility index (Phi) is 5.99. The van der Waals surface area contributed by atoms with E-state index in [4.69, 9.17) is 0 Å². The molecule has 1 aromatic rings. The molecule has 1 aromatic carbocycles. The molecule has 1 fully saturated rings. The van der Waals surface area contributed by atoms with Crippen LogP contribution in [-0.2, 0) is 4.79 Å². The fraction of sp³-hybridized carbons (Fsp3) is 0.474. The SMILES string of the molecule is O=C1c2ccccc2C(=O)N1CCCN(C[C@@H]1CCCN1C(=O)O)C(=O)C(F)(F)F. The molecule has 0 radical (unpaired) electrons. The van der Waals surface area contributed by atoms with Gasteiger partial charge in [0.25, 0.3) is 11.8 Å². The van der Waals surface area contributed by atoms with Crippen molar-refractivity contribution in [1.82, 2.24) is 14.7 Å². The summed E-state index contributed by atoms with van der Waals surface area (Å²) >= 11 is 0. The van der Waals surface area contributed by atoms with Gasteiger partial charge in [-0.3, -0.25) is 19.3 Å². The maximum atomic E-state index is 13.0. The summed E-state index contributed by atoms with van der Waals surface area (Å²) in [5.74, 6) is -3.13. The molecule has 2 aliphatic heterocycles. The second-order valence-electron chi connectivity index (χ2n) is 7.18. The number of halogens is 3. The average Bonchev–Trinajstić information content (AvgIpc) is 3.25. The number of fused-ring (bicyclic) bond motifs is 1. The van der Waals surface area contributed by atoms with Gasteiger partial charge in [0.05, 0.1) is 17.2 Å². The monoisotopic (exact) mass is 427 g/mol. The van der Waals surface area contributed by atoms with Crippen LogP contribution in [0.3, 0.4) is 0 Å². The number of nitrogens with zero attached hydrogens (tertiary/aromatic N) is 3. The van der Waals surface area contributed by atoms with Crippen molar-refractivity contribution < 1.29 is 37.5 Å². The van der Waals surface area contributed by atoms with E-state index in [1.54, 1.807) is 12.1 Å². The second kappa shape index (κ2) is 8.33. The number of amides is 4. The lowest BCUT2D eigenvalue weighted by Crippen LogP contribution is -2.49. The minimum atomic E-state index is -5.11. The van der Waals surface area contributed by atoms with E-state index in [0.29, 0.717) is 17.7 Å². The van der Waals surface area contributed by atoms with E-state index in [2.05, 4.69) is 0 Å². The Morgan fingerprint density at radius 1 is 1.13 bits per heavy atom. The van der Waals surface area contributed by atoms with Crippen LogP contribution in [0.2, 0.25) is 0 Å². The third-order valence-corrected chi connectivity index (χ3v) is 5.27. The average molecular weight is 427 g/mol. The van der Waals surface area contributed by atoms with E-state index in [9.17, 15) is 37.5 Å². The lowest BCUT2D eigenvalue weighted by Gasteiger charge is -2.30. The number of alkyl halides is 3. The third-order valence-electron chi connectivity index (χ3n) is 5.27. The van der Waals surface area contributed by atoms with Crippen molar-refractivity contribution in [2.24, 2.45) is 0 Å². The van der Waals surface area contributed by atoms with Gasteiger partial charge in [-0.2, -0.15) is 13.2 Å².